The lowest BCUT2D eigenvalue weighted by Gasteiger charge is -2.34. The van der Waals surface area contributed by atoms with Crippen molar-refractivity contribution < 1.29 is 9.60 Å². The SMILES string of the molecule is Cc1cc(F)cc(-c2cnc(N)c(-c3nc4c(/C=N\O)nccc4[nH]3)c2N2CCC(N)CC2)c1. The molecule has 4 heterocycles. The lowest BCUT2D eigenvalue weighted by Crippen LogP contribution is -2.40. The minimum Gasteiger partial charge on any atom is -0.411 e. The van der Waals surface area contributed by atoms with E-state index in [4.69, 9.17) is 21.7 Å². The number of imidazole rings is 1. The summed E-state index contributed by atoms with van der Waals surface area (Å²) in [7, 11) is 0. The number of pyridine rings is 2. The highest BCUT2D eigenvalue weighted by molar-refractivity contribution is 5.99. The highest BCUT2D eigenvalue weighted by atomic mass is 19.1. The minimum absolute atomic E-state index is 0.136. The van der Waals surface area contributed by atoms with Crippen LogP contribution in [0, 0.1) is 12.7 Å². The second-order valence-electron chi connectivity index (χ2n) is 8.54. The normalized spacial score (nSPS) is 15.0. The maximum atomic E-state index is 14.4. The van der Waals surface area contributed by atoms with Gasteiger partial charge in [-0.3, -0.25) is 4.98 Å². The summed E-state index contributed by atoms with van der Waals surface area (Å²) in [4.78, 5) is 18.9. The number of aryl methyl sites for hydroxylation is 1. The summed E-state index contributed by atoms with van der Waals surface area (Å²) in [6.45, 7) is 3.31. The molecule has 0 radical (unpaired) electrons. The molecule has 0 saturated carbocycles. The van der Waals surface area contributed by atoms with Gasteiger partial charge in [0.1, 0.15) is 28.7 Å². The van der Waals surface area contributed by atoms with Crippen LogP contribution in [0.3, 0.4) is 0 Å². The number of nitrogen functional groups attached to an aromatic ring is 1. The first-order chi connectivity index (χ1) is 16.4. The largest absolute Gasteiger partial charge is 0.411 e. The number of aromatic nitrogens is 4. The minimum atomic E-state index is -0.317. The van der Waals surface area contributed by atoms with E-state index in [2.05, 4.69) is 25.0 Å². The maximum absolute atomic E-state index is 14.4. The number of hydrogen-bond donors (Lipinski definition) is 4. The highest BCUT2D eigenvalue weighted by Crippen LogP contribution is 2.42. The molecule has 0 unspecified atom stereocenters. The van der Waals surface area contributed by atoms with E-state index >= 15 is 0 Å². The van der Waals surface area contributed by atoms with Gasteiger partial charge in [0.2, 0.25) is 0 Å². The Kier molecular flexibility index (Phi) is 5.58. The number of benzene rings is 1. The average molecular weight is 461 g/mol. The molecule has 1 aromatic carbocycles. The Balaban J connectivity index is 1.77. The molecule has 1 aliphatic rings. The topological polar surface area (TPSA) is 142 Å². The van der Waals surface area contributed by atoms with Crippen LogP contribution in [-0.4, -0.2) is 50.5 Å². The first-order valence-electron chi connectivity index (χ1n) is 11.0. The van der Waals surface area contributed by atoms with E-state index in [1.807, 2.05) is 13.0 Å². The molecule has 1 aliphatic heterocycles. The molecule has 0 spiro atoms. The summed E-state index contributed by atoms with van der Waals surface area (Å²) in [5, 5.41) is 12.1. The van der Waals surface area contributed by atoms with E-state index in [-0.39, 0.29) is 11.9 Å². The lowest BCUT2D eigenvalue weighted by atomic mass is 9.97. The van der Waals surface area contributed by atoms with Gasteiger partial charge in [0.15, 0.2) is 0 Å². The van der Waals surface area contributed by atoms with E-state index in [0.29, 0.717) is 39.5 Å². The second kappa shape index (κ2) is 8.71. The Bertz CT molecular complexity index is 1370. The van der Waals surface area contributed by atoms with Crippen molar-refractivity contribution in [3.8, 4) is 22.5 Å². The van der Waals surface area contributed by atoms with E-state index in [1.165, 1.54) is 18.3 Å². The summed E-state index contributed by atoms with van der Waals surface area (Å²) in [6.07, 6.45) is 6.16. The van der Waals surface area contributed by atoms with Gasteiger partial charge in [0, 0.05) is 37.1 Å². The molecule has 174 valence electrons. The molecule has 0 bridgehead atoms. The van der Waals surface area contributed by atoms with Crippen LogP contribution in [0.1, 0.15) is 24.1 Å². The van der Waals surface area contributed by atoms with E-state index in [0.717, 1.165) is 42.7 Å². The number of halogens is 1. The zero-order chi connectivity index (χ0) is 23.8. The highest BCUT2D eigenvalue weighted by Gasteiger charge is 2.27. The Hall–Kier alpha value is -4.05. The fourth-order valence-electron chi connectivity index (χ4n) is 4.53. The smallest absolute Gasteiger partial charge is 0.144 e. The standard InChI is InChI=1S/C24H25FN8O/c1-13-8-14(10-15(25)9-13)17-11-29-23(27)20(22(17)33-6-3-16(26)4-7-33)24-31-18-2-5-28-19(12-30-34)21(18)32-24/h2,5,8-12,16,34H,3-4,6-7,26H2,1H3,(H2,27,29)(H,31,32)/b30-12-. The van der Waals surface area contributed by atoms with Crippen LogP contribution >= 0.6 is 0 Å². The number of H-pyrrole nitrogens is 1. The predicted molar refractivity (Wildman–Crippen MR) is 130 cm³/mol. The third-order valence-corrected chi connectivity index (χ3v) is 6.14. The number of nitrogens with zero attached hydrogens (tertiary/aromatic N) is 5. The van der Waals surface area contributed by atoms with Gasteiger partial charge in [-0.2, -0.15) is 0 Å². The van der Waals surface area contributed by atoms with Gasteiger partial charge in [0.25, 0.3) is 0 Å². The van der Waals surface area contributed by atoms with Crippen LogP contribution < -0.4 is 16.4 Å². The lowest BCUT2D eigenvalue weighted by molar-refractivity contribution is 0.321. The van der Waals surface area contributed by atoms with Gasteiger partial charge < -0.3 is 26.6 Å². The van der Waals surface area contributed by atoms with E-state index < -0.39 is 0 Å². The first kappa shape index (κ1) is 21.8. The van der Waals surface area contributed by atoms with Crippen molar-refractivity contribution in [1.82, 2.24) is 19.9 Å². The number of aromatic amines is 1. The molecule has 6 N–H and O–H groups in total. The molecule has 1 fully saturated rings. The first-order valence-corrected chi connectivity index (χ1v) is 11.0. The maximum Gasteiger partial charge on any atom is 0.144 e. The van der Waals surface area contributed by atoms with Crippen molar-refractivity contribution in [2.45, 2.75) is 25.8 Å². The summed E-state index contributed by atoms with van der Waals surface area (Å²) >= 11 is 0. The Morgan fingerprint density at radius 1 is 1.24 bits per heavy atom. The van der Waals surface area contributed by atoms with Gasteiger partial charge in [-0.25, -0.2) is 14.4 Å². The van der Waals surface area contributed by atoms with Crippen molar-refractivity contribution in [2.75, 3.05) is 23.7 Å². The number of nitrogens with one attached hydrogen (secondary N) is 1. The molecule has 9 nitrogen and oxygen atoms in total. The van der Waals surface area contributed by atoms with Crippen LogP contribution in [0.2, 0.25) is 0 Å². The zero-order valence-electron chi connectivity index (χ0n) is 18.7. The van der Waals surface area contributed by atoms with Crippen molar-refractivity contribution in [3.05, 3.63) is 53.7 Å². The van der Waals surface area contributed by atoms with Crippen molar-refractivity contribution in [2.24, 2.45) is 10.9 Å². The summed E-state index contributed by atoms with van der Waals surface area (Å²) in [6, 6.07) is 6.84. The van der Waals surface area contributed by atoms with Gasteiger partial charge in [-0.15, -0.1) is 0 Å². The van der Waals surface area contributed by atoms with Crippen molar-refractivity contribution >= 4 is 28.8 Å². The third-order valence-electron chi connectivity index (χ3n) is 6.14. The number of oxime groups is 1. The average Bonchev–Trinajstić information content (AvgIpc) is 3.24. The van der Waals surface area contributed by atoms with Crippen LogP contribution in [0.15, 0.2) is 41.8 Å². The van der Waals surface area contributed by atoms with Gasteiger partial charge in [0.05, 0.1) is 23.0 Å². The Morgan fingerprint density at radius 2 is 2.03 bits per heavy atom. The van der Waals surface area contributed by atoms with Crippen molar-refractivity contribution in [1.29, 1.82) is 0 Å². The molecule has 34 heavy (non-hydrogen) atoms. The number of rotatable bonds is 4. The molecular formula is C24H25FN8O. The van der Waals surface area contributed by atoms with Crippen LogP contribution in [0.5, 0.6) is 0 Å². The summed E-state index contributed by atoms with van der Waals surface area (Å²) < 4.78 is 14.4. The number of nitrogens with two attached hydrogens (primary N) is 2. The molecule has 5 rings (SSSR count). The van der Waals surface area contributed by atoms with Gasteiger partial charge in [-0.1, -0.05) is 11.2 Å². The quantitative estimate of drug-likeness (QED) is 0.207. The molecular weight excluding hydrogens is 435 g/mol. The molecule has 0 aliphatic carbocycles. The van der Waals surface area contributed by atoms with Gasteiger partial charge in [-0.05, 0) is 49.1 Å². The number of piperidine rings is 1. The predicted octanol–water partition coefficient (Wildman–Crippen LogP) is 3.45. The Morgan fingerprint density at radius 3 is 2.76 bits per heavy atom. The molecule has 0 atom stereocenters. The number of fused-ring (bicyclic) bond motifs is 1. The molecule has 10 heteroatoms. The summed E-state index contributed by atoms with van der Waals surface area (Å²) in [5.41, 5.74) is 18.0. The van der Waals surface area contributed by atoms with E-state index in [1.54, 1.807) is 18.5 Å². The Labute approximate surface area is 195 Å². The molecule has 3 aromatic heterocycles. The molecule has 1 saturated heterocycles. The zero-order valence-corrected chi connectivity index (χ0v) is 18.7. The van der Waals surface area contributed by atoms with Crippen LogP contribution in [0.4, 0.5) is 15.9 Å². The summed E-state index contributed by atoms with van der Waals surface area (Å²) in [5.74, 6) is 0.481. The number of anilines is 2. The fourth-order valence-corrected chi connectivity index (χ4v) is 4.53. The monoisotopic (exact) mass is 460 g/mol. The third kappa shape index (κ3) is 3.92. The number of hydrogen-bond acceptors (Lipinski definition) is 8. The second-order valence-corrected chi connectivity index (χ2v) is 8.54. The van der Waals surface area contributed by atoms with Crippen molar-refractivity contribution in [3.63, 3.8) is 0 Å². The fraction of sp³-hybridized carbons (Fsp3) is 0.250. The molecule has 4 aromatic rings. The van der Waals surface area contributed by atoms with E-state index in [9.17, 15) is 4.39 Å². The van der Waals surface area contributed by atoms with Crippen LogP contribution in [-0.2, 0) is 0 Å². The van der Waals surface area contributed by atoms with Gasteiger partial charge >= 0.3 is 0 Å². The van der Waals surface area contributed by atoms with Crippen LogP contribution in [0.25, 0.3) is 33.5 Å². The molecule has 0 amide bonds.